The molecule has 1 heterocycles. The fourth-order valence-corrected chi connectivity index (χ4v) is 2.90. The van der Waals surface area contributed by atoms with Crippen molar-refractivity contribution >= 4 is 17.8 Å². The molecule has 1 fully saturated rings. The number of esters is 2. The van der Waals surface area contributed by atoms with Gasteiger partial charge in [-0.05, 0) is 38.8 Å². The number of carbonyl (C=O) groups is 3. The van der Waals surface area contributed by atoms with Crippen LogP contribution in [0.5, 0.6) is 5.75 Å². The van der Waals surface area contributed by atoms with Crippen LogP contribution in [0.15, 0.2) is 18.2 Å². The molecule has 1 saturated heterocycles. The zero-order valence-corrected chi connectivity index (χ0v) is 15.4. The molecule has 2 rings (SSSR count). The third kappa shape index (κ3) is 4.97. The number of amides is 1. The standard InChI is InChI=1S/C19H25NO6/c1-4-25-18(22)14-7-9-20(10-8-14)17(21)12-26-19(23)15-11-13(2)5-6-16(15)24-3/h5-6,11,14H,4,7-10,12H2,1-3H3. The molecule has 0 unspecified atom stereocenters. The second kappa shape index (κ2) is 9.22. The van der Waals surface area contributed by atoms with E-state index in [-0.39, 0.29) is 24.4 Å². The van der Waals surface area contributed by atoms with Gasteiger partial charge in [0.2, 0.25) is 0 Å². The zero-order valence-electron chi connectivity index (χ0n) is 15.4. The number of aryl methyl sites for hydroxylation is 1. The molecule has 0 saturated carbocycles. The summed E-state index contributed by atoms with van der Waals surface area (Å²) in [6, 6.07) is 5.18. The summed E-state index contributed by atoms with van der Waals surface area (Å²) in [6.07, 6.45) is 1.12. The number of likely N-dealkylation sites (tertiary alicyclic amines) is 1. The van der Waals surface area contributed by atoms with Crippen LogP contribution in [0.25, 0.3) is 0 Å². The molecule has 0 spiro atoms. The van der Waals surface area contributed by atoms with E-state index >= 15 is 0 Å². The number of piperidine rings is 1. The van der Waals surface area contributed by atoms with Crippen molar-refractivity contribution in [2.45, 2.75) is 26.7 Å². The van der Waals surface area contributed by atoms with Crippen LogP contribution >= 0.6 is 0 Å². The molecule has 0 aliphatic carbocycles. The van der Waals surface area contributed by atoms with Gasteiger partial charge in [0.1, 0.15) is 11.3 Å². The Morgan fingerprint density at radius 1 is 1.15 bits per heavy atom. The molecule has 0 aromatic heterocycles. The lowest BCUT2D eigenvalue weighted by molar-refractivity contribution is -0.151. The largest absolute Gasteiger partial charge is 0.496 e. The predicted octanol–water partition coefficient (Wildman–Crippen LogP) is 1.96. The van der Waals surface area contributed by atoms with E-state index in [1.807, 2.05) is 13.0 Å². The Bertz CT molecular complexity index is 664. The number of benzene rings is 1. The van der Waals surface area contributed by atoms with Gasteiger partial charge in [0.05, 0.1) is 19.6 Å². The molecule has 142 valence electrons. The van der Waals surface area contributed by atoms with Crippen molar-refractivity contribution in [1.29, 1.82) is 0 Å². The maximum absolute atomic E-state index is 12.3. The van der Waals surface area contributed by atoms with E-state index in [1.165, 1.54) is 7.11 Å². The van der Waals surface area contributed by atoms with Crippen LogP contribution in [0.1, 0.15) is 35.7 Å². The maximum Gasteiger partial charge on any atom is 0.342 e. The van der Waals surface area contributed by atoms with E-state index in [0.29, 0.717) is 43.9 Å². The van der Waals surface area contributed by atoms with Crippen molar-refractivity contribution in [2.24, 2.45) is 5.92 Å². The van der Waals surface area contributed by atoms with Gasteiger partial charge < -0.3 is 19.1 Å². The lowest BCUT2D eigenvalue weighted by atomic mass is 9.97. The van der Waals surface area contributed by atoms with Crippen molar-refractivity contribution in [1.82, 2.24) is 4.90 Å². The highest BCUT2D eigenvalue weighted by molar-refractivity contribution is 5.94. The average Bonchev–Trinajstić information content (AvgIpc) is 2.66. The van der Waals surface area contributed by atoms with Gasteiger partial charge >= 0.3 is 11.9 Å². The summed E-state index contributed by atoms with van der Waals surface area (Å²) < 4.78 is 15.3. The normalized spacial score (nSPS) is 14.7. The third-order valence-electron chi connectivity index (χ3n) is 4.37. The molecule has 1 aromatic rings. The zero-order chi connectivity index (χ0) is 19.1. The summed E-state index contributed by atoms with van der Waals surface area (Å²) in [5.41, 5.74) is 1.19. The minimum absolute atomic E-state index is 0.168. The van der Waals surface area contributed by atoms with Crippen LogP contribution in [0, 0.1) is 12.8 Å². The molecule has 1 amide bonds. The van der Waals surface area contributed by atoms with Crippen LogP contribution in [-0.2, 0) is 19.1 Å². The van der Waals surface area contributed by atoms with Crippen LogP contribution < -0.4 is 4.74 Å². The fourth-order valence-electron chi connectivity index (χ4n) is 2.90. The van der Waals surface area contributed by atoms with Gasteiger partial charge in [0.15, 0.2) is 6.61 Å². The van der Waals surface area contributed by atoms with Gasteiger partial charge in [0.25, 0.3) is 5.91 Å². The summed E-state index contributed by atoms with van der Waals surface area (Å²) in [7, 11) is 1.47. The van der Waals surface area contributed by atoms with Crippen molar-refractivity contribution < 1.29 is 28.6 Å². The Labute approximate surface area is 153 Å². The van der Waals surface area contributed by atoms with E-state index in [9.17, 15) is 14.4 Å². The van der Waals surface area contributed by atoms with Gasteiger partial charge in [-0.15, -0.1) is 0 Å². The summed E-state index contributed by atoms with van der Waals surface area (Å²) in [6.45, 7) is 4.56. The predicted molar refractivity (Wildman–Crippen MR) is 94.0 cm³/mol. The van der Waals surface area contributed by atoms with Crippen LogP contribution in [-0.4, -0.2) is 56.2 Å². The summed E-state index contributed by atoms with van der Waals surface area (Å²) in [4.78, 5) is 37.8. The van der Waals surface area contributed by atoms with Crippen LogP contribution in [0.3, 0.4) is 0 Å². The van der Waals surface area contributed by atoms with E-state index in [1.54, 1.807) is 24.0 Å². The molecule has 1 aromatic carbocycles. The number of nitrogens with zero attached hydrogens (tertiary/aromatic N) is 1. The molecule has 7 nitrogen and oxygen atoms in total. The molecular weight excluding hydrogens is 338 g/mol. The Morgan fingerprint density at radius 2 is 1.85 bits per heavy atom. The molecular formula is C19H25NO6. The topological polar surface area (TPSA) is 82.1 Å². The highest BCUT2D eigenvalue weighted by atomic mass is 16.5. The van der Waals surface area contributed by atoms with E-state index < -0.39 is 5.97 Å². The van der Waals surface area contributed by atoms with Crippen LogP contribution in [0.4, 0.5) is 0 Å². The second-order valence-electron chi connectivity index (χ2n) is 6.19. The quantitative estimate of drug-likeness (QED) is 0.719. The van der Waals surface area contributed by atoms with Crippen molar-refractivity contribution in [3.8, 4) is 5.75 Å². The molecule has 1 aliphatic heterocycles. The smallest absolute Gasteiger partial charge is 0.342 e. The molecule has 1 aliphatic rings. The lowest BCUT2D eigenvalue weighted by Crippen LogP contribution is -2.42. The molecule has 0 radical (unpaired) electrons. The highest BCUT2D eigenvalue weighted by Crippen LogP contribution is 2.21. The first-order chi connectivity index (χ1) is 12.5. The Balaban J connectivity index is 1.85. The monoisotopic (exact) mass is 363 g/mol. The number of ether oxygens (including phenoxy) is 3. The molecule has 26 heavy (non-hydrogen) atoms. The number of methoxy groups -OCH3 is 1. The third-order valence-corrected chi connectivity index (χ3v) is 4.37. The Hall–Kier alpha value is -2.57. The lowest BCUT2D eigenvalue weighted by Gasteiger charge is -2.30. The highest BCUT2D eigenvalue weighted by Gasteiger charge is 2.28. The van der Waals surface area contributed by atoms with Gasteiger partial charge in [-0.1, -0.05) is 11.6 Å². The average molecular weight is 363 g/mol. The minimum atomic E-state index is -0.597. The fraction of sp³-hybridized carbons (Fsp3) is 0.526. The summed E-state index contributed by atoms with van der Waals surface area (Å²) in [5.74, 6) is -0.841. The molecule has 0 atom stereocenters. The van der Waals surface area contributed by atoms with E-state index in [0.717, 1.165) is 5.56 Å². The number of rotatable bonds is 6. The first kappa shape index (κ1) is 19.8. The molecule has 0 bridgehead atoms. The van der Waals surface area contributed by atoms with Gasteiger partial charge in [-0.2, -0.15) is 0 Å². The van der Waals surface area contributed by atoms with Crippen molar-refractivity contribution in [3.63, 3.8) is 0 Å². The first-order valence-electron chi connectivity index (χ1n) is 8.72. The van der Waals surface area contributed by atoms with Crippen molar-refractivity contribution in [3.05, 3.63) is 29.3 Å². The van der Waals surface area contributed by atoms with Crippen molar-refractivity contribution in [2.75, 3.05) is 33.4 Å². The van der Waals surface area contributed by atoms with Gasteiger partial charge in [-0.3, -0.25) is 9.59 Å². The maximum atomic E-state index is 12.3. The Morgan fingerprint density at radius 3 is 2.46 bits per heavy atom. The van der Waals surface area contributed by atoms with E-state index in [4.69, 9.17) is 14.2 Å². The minimum Gasteiger partial charge on any atom is -0.496 e. The van der Waals surface area contributed by atoms with E-state index in [2.05, 4.69) is 0 Å². The van der Waals surface area contributed by atoms with Gasteiger partial charge in [-0.25, -0.2) is 4.79 Å². The summed E-state index contributed by atoms with van der Waals surface area (Å²) in [5, 5.41) is 0. The van der Waals surface area contributed by atoms with Crippen LogP contribution in [0.2, 0.25) is 0 Å². The second-order valence-corrected chi connectivity index (χ2v) is 6.19. The number of hydrogen-bond donors (Lipinski definition) is 0. The molecule has 7 heteroatoms. The first-order valence-corrected chi connectivity index (χ1v) is 8.72. The summed E-state index contributed by atoms with van der Waals surface area (Å²) >= 11 is 0. The molecule has 0 N–H and O–H groups in total. The SMILES string of the molecule is CCOC(=O)C1CCN(C(=O)COC(=O)c2cc(C)ccc2OC)CC1. The van der Waals surface area contributed by atoms with Gasteiger partial charge in [0, 0.05) is 13.1 Å². The Kier molecular flexibility index (Phi) is 7.00. The number of carbonyl (C=O) groups excluding carboxylic acids is 3. The number of hydrogen-bond acceptors (Lipinski definition) is 6.